The van der Waals surface area contributed by atoms with Crippen LogP contribution in [0.25, 0.3) is 6.08 Å². The van der Waals surface area contributed by atoms with Crippen molar-refractivity contribution in [3.8, 4) is 0 Å². The topological polar surface area (TPSA) is 28.7 Å². The largest absolute Gasteiger partial charge is 0.349 e. The molecule has 0 aliphatic carbocycles. The maximum Gasteiger partial charge on any atom is 0.107 e. The lowest BCUT2D eigenvalue weighted by atomic mass is 10.2. The van der Waals surface area contributed by atoms with Crippen molar-refractivity contribution in [3.05, 3.63) is 87.4 Å². The van der Waals surface area contributed by atoms with E-state index < -0.39 is 0 Å². The van der Waals surface area contributed by atoms with E-state index in [0.717, 1.165) is 27.7 Å². The highest BCUT2D eigenvalue weighted by Crippen LogP contribution is 2.34. The van der Waals surface area contributed by atoms with Gasteiger partial charge in [-0.3, -0.25) is 0 Å². The highest BCUT2D eigenvalue weighted by molar-refractivity contribution is 8.00. The van der Waals surface area contributed by atoms with Gasteiger partial charge in [0.1, 0.15) is 5.82 Å². The molecule has 1 atom stereocenters. The zero-order chi connectivity index (χ0) is 17.6. The number of benzene rings is 2. The molecule has 1 N–H and O–H groups in total. The molecule has 0 spiro atoms. The van der Waals surface area contributed by atoms with Crippen molar-refractivity contribution in [1.82, 2.24) is 9.97 Å². The van der Waals surface area contributed by atoms with Crippen molar-refractivity contribution in [2.24, 2.45) is 0 Å². The first-order valence-electron chi connectivity index (χ1n) is 7.64. The summed E-state index contributed by atoms with van der Waals surface area (Å²) in [5.74, 6) is 0.927. The molecule has 25 heavy (non-hydrogen) atoms. The molecule has 0 aliphatic rings. The third kappa shape index (κ3) is 5.55. The maximum absolute atomic E-state index is 6.32. The average molecular weight is 410 g/mol. The lowest BCUT2D eigenvalue weighted by molar-refractivity contribution is 0.925. The van der Waals surface area contributed by atoms with Gasteiger partial charge in [-0.15, -0.1) is 11.8 Å². The van der Waals surface area contributed by atoms with Gasteiger partial charge < -0.3 is 4.98 Å². The summed E-state index contributed by atoms with van der Waals surface area (Å²) in [6.45, 7) is 0. The number of nitrogens with zero attached hydrogens (tertiary/aromatic N) is 1. The lowest BCUT2D eigenvalue weighted by Gasteiger charge is -2.13. The van der Waals surface area contributed by atoms with Crippen LogP contribution < -0.4 is 0 Å². The third-order valence-corrected chi connectivity index (χ3v) is 5.64. The molecule has 1 heterocycles. The smallest absolute Gasteiger partial charge is 0.107 e. The molecule has 2 nitrogen and oxygen atoms in total. The van der Waals surface area contributed by atoms with E-state index in [2.05, 4.69) is 22.1 Å². The fourth-order valence-electron chi connectivity index (χ4n) is 2.27. The second-order valence-corrected chi connectivity index (χ2v) is 7.94. The molecule has 2 aromatic carbocycles. The normalized spacial score (nSPS) is 12.6. The Morgan fingerprint density at radius 2 is 1.80 bits per heavy atom. The van der Waals surface area contributed by atoms with E-state index in [0.29, 0.717) is 10.0 Å². The predicted molar refractivity (Wildman–Crippen MR) is 109 cm³/mol. The number of thioether (sulfide) groups is 1. The van der Waals surface area contributed by atoms with Crippen LogP contribution in [-0.2, 0) is 6.42 Å². The van der Waals surface area contributed by atoms with E-state index in [1.807, 2.05) is 42.6 Å². The fourth-order valence-corrected chi connectivity index (χ4v) is 3.99. The Hall–Kier alpha value is -1.39. The van der Waals surface area contributed by atoms with Crippen LogP contribution in [0, 0.1) is 0 Å². The highest BCUT2D eigenvalue weighted by atomic mass is 35.5. The van der Waals surface area contributed by atoms with Crippen molar-refractivity contribution < 1.29 is 0 Å². The molecule has 0 amide bonds. The van der Waals surface area contributed by atoms with Gasteiger partial charge in [0.15, 0.2) is 0 Å². The van der Waals surface area contributed by atoms with Crippen molar-refractivity contribution in [2.45, 2.75) is 16.6 Å². The zero-order valence-corrected chi connectivity index (χ0v) is 16.2. The number of imidazole rings is 1. The summed E-state index contributed by atoms with van der Waals surface area (Å²) in [6, 6.07) is 13.2. The van der Waals surface area contributed by atoms with E-state index >= 15 is 0 Å². The molecule has 6 heteroatoms. The van der Waals surface area contributed by atoms with Crippen LogP contribution in [0.5, 0.6) is 0 Å². The van der Waals surface area contributed by atoms with Gasteiger partial charge in [0.25, 0.3) is 0 Å². The second-order valence-electron chi connectivity index (χ2n) is 5.38. The number of halogens is 3. The van der Waals surface area contributed by atoms with E-state index in [1.165, 1.54) is 0 Å². The van der Waals surface area contributed by atoms with Crippen molar-refractivity contribution in [2.75, 3.05) is 0 Å². The molecule has 1 aromatic heterocycles. The first-order valence-corrected chi connectivity index (χ1v) is 9.65. The average Bonchev–Trinajstić information content (AvgIpc) is 3.10. The number of aromatic amines is 1. The van der Waals surface area contributed by atoms with Gasteiger partial charge in [0.2, 0.25) is 0 Å². The van der Waals surface area contributed by atoms with Crippen LogP contribution in [0.2, 0.25) is 15.1 Å². The van der Waals surface area contributed by atoms with Gasteiger partial charge in [0.05, 0.1) is 5.02 Å². The van der Waals surface area contributed by atoms with Crippen LogP contribution in [-0.4, -0.2) is 15.2 Å². The molecule has 0 saturated heterocycles. The minimum atomic E-state index is 0.151. The van der Waals surface area contributed by atoms with E-state index in [9.17, 15) is 0 Å². The molecule has 3 rings (SSSR count). The molecule has 0 saturated carbocycles. The van der Waals surface area contributed by atoms with Crippen LogP contribution in [0.1, 0.15) is 11.4 Å². The van der Waals surface area contributed by atoms with Crippen molar-refractivity contribution >= 4 is 52.6 Å². The SMILES string of the molecule is Clc1ccc(C=CC(Cc2ncc[nH]2)Sc2cc(Cl)ccc2Cl)cc1. The van der Waals surface area contributed by atoms with Gasteiger partial charge >= 0.3 is 0 Å². The monoisotopic (exact) mass is 408 g/mol. The highest BCUT2D eigenvalue weighted by Gasteiger charge is 2.13. The summed E-state index contributed by atoms with van der Waals surface area (Å²) < 4.78 is 0. The molecule has 0 aliphatic heterocycles. The molecule has 0 bridgehead atoms. The van der Waals surface area contributed by atoms with E-state index in [4.69, 9.17) is 34.8 Å². The molecule has 0 fully saturated rings. The first-order chi connectivity index (χ1) is 12.1. The van der Waals surface area contributed by atoms with E-state index in [1.54, 1.807) is 24.0 Å². The Balaban J connectivity index is 1.81. The molecular weight excluding hydrogens is 395 g/mol. The van der Waals surface area contributed by atoms with Crippen molar-refractivity contribution in [3.63, 3.8) is 0 Å². The predicted octanol–water partition coefficient (Wildman–Crippen LogP) is 6.79. The van der Waals surface area contributed by atoms with Crippen LogP contribution in [0.15, 0.2) is 65.8 Å². The number of aromatic nitrogens is 2. The third-order valence-electron chi connectivity index (χ3n) is 3.49. The van der Waals surface area contributed by atoms with Crippen LogP contribution in [0.4, 0.5) is 0 Å². The first kappa shape index (κ1) is 18.4. The number of rotatable bonds is 6. The molecule has 128 valence electrons. The molecule has 0 radical (unpaired) electrons. The summed E-state index contributed by atoms with van der Waals surface area (Å²) in [7, 11) is 0. The summed E-state index contributed by atoms with van der Waals surface area (Å²) in [4.78, 5) is 8.43. The maximum atomic E-state index is 6.32. The molecule has 1 unspecified atom stereocenters. The van der Waals surface area contributed by atoms with Gasteiger partial charge in [-0.1, -0.05) is 59.1 Å². The van der Waals surface area contributed by atoms with Gasteiger partial charge in [0, 0.05) is 39.0 Å². The Labute approximate surface area is 166 Å². The minimum absolute atomic E-state index is 0.151. The van der Waals surface area contributed by atoms with Gasteiger partial charge in [-0.05, 0) is 35.9 Å². The summed E-state index contributed by atoms with van der Waals surface area (Å²) in [5.41, 5.74) is 1.09. The Morgan fingerprint density at radius 3 is 2.52 bits per heavy atom. The number of hydrogen-bond donors (Lipinski definition) is 1. The van der Waals surface area contributed by atoms with Crippen molar-refractivity contribution in [1.29, 1.82) is 0 Å². The lowest BCUT2D eigenvalue weighted by Crippen LogP contribution is -2.05. The zero-order valence-electron chi connectivity index (χ0n) is 13.1. The van der Waals surface area contributed by atoms with Crippen LogP contribution >= 0.6 is 46.6 Å². The number of H-pyrrole nitrogens is 1. The van der Waals surface area contributed by atoms with Gasteiger partial charge in [-0.2, -0.15) is 0 Å². The molecule has 3 aromatic rings. The second kappa shape index (κ2) is 8.81. The standard InChI is InChI=1S/C19H15Cl3N2S/c20-14-4-1-13(2-5-14)3-7-16(12-19-23-9-10-24-19)25-18-11-15(21)6-8-17(18)22/h1-11,16H,12H2,(H,23,24). The van der Waals surface area contributed by atoms with Crippen LogP contribution in [0.3, 0.4) is 0 Å². The Morgan fingerprint density at radius 1 is 1.04 bits per heavy atom. The number of hydrogen-bond acceptors (Lipinski definition) is 2. The summed E-state index contributed by atoms with van der Waals surface area (Å²) in [6.07, 6.45) is 8.56. The van der Waals surface area contributed by atoms with Gasteiger partial charge in [-0.25, -0.2) is 4.98 Å². The Kier molecular flexibility index (Phi) is 6.49. The Bertz CT molecular complexity index is 846. The number of nitrogens with one attached hydrogen (secondary N) is 1. The quantitative estimate of drug-likeness (QED) is 0.454. The summed E-state index contributed by atoms with van der Waals surface area (Å²) >= 11 is 20.0. The summed E-state index contributed by atoms with van der Waals surface area (Å²) in [5, 5.41) is 2.24. The molecular formula is C19H15Cl3N2S. The minimum Gasteiger partial charge on any atom is -0.349 e. The fraction of sp³-hybridized carbons (Fsp3) is 0.105. The van der Waals surface area contributed by atoms with E-state index in [-0.39, 0.29) is 5.25 Å².